The van der Waals surface area contributed by atoms with Crippen LogP contribution in [-0.4, -0.2) is 36.0 Å². The van der Waals surface area contributed by atoms with Crippen LogP contribution in [0.15, 0.2) is 0 Å². The third kappa shape index (κ3) is 6.54. The van der Waals surface area contributed by atoms with Gasteiger partial charge in [-0.2, -0.15) is 0 Å². The Morgan fingerprint density at radius 1 is 1.38 bits per heavy atom. The van der Waals surface area contributed by atoms with Crippen molar-refractivity contribution in [2.45, 2.75) is 26.2 Å². The summed E-state index contributed by atoms with van der Waals surface area (Å²) >= 11 is 0. The third-order valence-corrected chi connectivity index (χ3v) is 1.73. The molecular weight excluding hydrogens is 172 g/mol. The molecule has 0 radical (unpaired) electrons. The number of unbranched alkanes of at least 4 members (excludes halogenated alkanes) is 1. The second kappa shape index (κ2) is 8.01. The van der Waals surface area contributed by atoms with E-state index >= 15 is 0 Å². The molecule has 0 aromatic rings. The Hall–Kier alpha value is -0.610. The molecule has 0 saturated heterocycles. The maximum absolute atomic E-state index is 11.0. The Kier molecular flexibility index (Phi) is 7.63. The number of rotatable bonds is 7. The first-order valence-corrected chi connectivity index (χ1v) is 4.61. The van der Waals surface area contributed by atoms with Gasteiger partial charge >= 0.3 is 5.97 Å². The molecular formula is C9H18O4. The van der Waals surface area contributed by atoms with E-state index in [1.165, 1.54) is 0 Å². The number of hydrogen-bond acceptors (Lipinski definition) is 4. The molecule has 13 heavy (non-hydrogen) atoms. The first kappa shape index (κ1) is 12.4. The summed E-state index contributed by atoms with van der Waals surface area (Å²) in [5, 5.41) is 17.3. The van der Waals surface area contributed by atoms with E-state index in [0.717, 1.165) is 12.8 Å². The van der Waals surface area contributed by atoms with Gasteiger partial charge < -0.3 is 14.9 Å². The SMILES string of the molecule is CCCCC(=O)OCC(CO)CO. The fraction of sp³-hybridized carbons (Fsp3) is 0.889. The van der Waals surface area contributed by atoms with Gasteiger partial charge in [0.2, 0.25) is 0 Å². The van der Waals surface area contributed by atoms with Gasteiger partial charge in [0, 0.05) is 12.3 Å². The van der Waals surface area contributed by atoms with Crippen LogP contribution in [0.4, 0.5) is 0 Å². The molecule has 0 unspecified atom stereocenters. The van der Waals surface area contributed by atoms with E-state index in [0.29, 0.717) is 6.42 Å². The molecule has 0 bridgehead atoms. The van der Waals surface area contributed by atoms with Gasteiger partial charge in [0.15, 0.2) is 0 Å². The highest BCUT2D eigenvalue weighted by molar-refractivity contribution is 5.69. The van der Waals surface area contributed by atoms with Crippen molar-refractivity contribution in [3.05, 3.63) is 0 Å². The maximum Gasteiger partial charge on any atom is 0.305 e. The van der Waals surface area contributed by atoms with E-state index in [4.69, 9.17) is 14.9 Å². The van der Waals surface area contributed by atoms with Crippen LogP contribution in [0.3, 0.4) is 0 Å². The predicted octanol–water partition coefficient (Wildman–Crippen LogP) is 0.321. The first-order chi connectivity index (χ1) is 6.24. The van der Waals surface area contributed by atoms with Crippen molar-refractivity contribution < 1.29 is 19.7 Å². The monoisotopic (exact) mass is 190 g/mol. The van der Waals surface area contributed by atoms with Crippen molar-refractivity contribution in [1.82, 2.24) is 0 Å². The molecule has 0 amide bonds. The summed E-state index contributed by atoms with van der Waals surface area (Å²) < 4.78 is 4.83. The lowest BCUT2D eigenvalue weighted by Gasteiger charge is -2.10. The minimum absolute atomic E-state index is 0.107. The van der Waals surface area contributed by atoms with Crippen molar-refractivity contribution in [2.75, 3.05) is 19.8 Å². The van der Waals surface area contributed by atoms with Crippen LogP contribution < -0.4 is 0 Å². The molecule has 0 aromatic carbocycles. The smallest absolute Gasteiger partial charge is 0.305 e. The van der Waals surface area contributed by atoms with Gasteiger partial charge in [-0.25, -0.2) is 0 Å². The van der Waals surface area contributed by atoms with Crippen LogP contribution in [0.25, 0.3) is 0 Å². The second-order valence-electron chi connectivity index (χ2n) is 3.02. The molecule has 0 aliphatic heterocycles. The highest BCUT2D eigenvalue weighted by Gasteiger charge is 2.09. The molecule has 0 fully saturated rings. The number of aliphatic hydroxyl groups excluding tert-OH is 2. The number of carbonyl (C=O) groups excluding carboxylic acids is 1. The molecule has 2 N–H and O–H groups in total. The van der Waals surface area contributed by atoms with Gasteiger partial charge in [-0.3, -0.25) is 4.79 Å². The predicted molar refractivity (Wildman–Crippen MR) is 48.1 cm³/mol. The Morgan fingerprint density at radius 2 is 2.00 bits per heavy atom. The van der Waals surface area contributed by atoms with Crippen LogP contribution in [-0.2, 0) is 9.53 Å². The average molecular weight is 190 g/mol. The minimum atomic E-state index is -0.342. The quantitative estimate of drug-likeness (QED) is 0.567. The summed E-state index contributed by atoms with van der Waals surface area (Å²) in [6.07, 6.45) is 2.19. The zero-order chi connectivity index (χ0) is 10.1. The van der Waals surface area contributed by atoms with Gasteiger partial charge in [-0.15, -0.1) is 0 Å². The van der Waals surface area contributed by atoms with Crippen LogP contribution in [0.1, 0.15) is 26.2 Å². The molecule has 4 nitrogen and oxygen atoms in total. The highest BCUT2D eigenvalue weighted by atomic mass is 16.5. The molecule has 0 heterocycles. The van der Waals surface area contributed by atoms with Crippen molar-refractivity contribution in [1.29, 1.82) is 0 Å². The molecule has 0 aliphatic carbocycles. The topological polar surface area (TPSA) is 66.8 Å². The van der Waals surface area contributed by atoms with Gasteiger partial charge in [0.25, 0.3) is 0 Å². The first-order valence-electron chi connectivity index (χ1n) is 4.61. The fourth-order valence-corrected chi connectivity index (χ4v) is 0.767. The molecule has 0 aliphatic rings. The number of ether oxygens (including phenoxy) is 1. The van der Waals surface area contributed by atoms with E-state index in [1.807, 2.05) is 6.92 Å². The van der Waals surface area contributed by atoms with Crippen molar-refractivity contribution in [3.8, 4) is 0 Å². The molecule has 0 saturated carbocycles. The van der Waals surface area contributed by atoms with Crippen LogP contribution >= 0.6 is 0 Å². The number of aliphatic hydroxyl groups is 2. The van der Waals surface area contributed by atoms with Crippen LogP contribution in [0.5, 0.6) is 0 Å². The summed E-state index contributed by atoms with van der Waals surface area (Å²) in [5.74, 6) is -0.598. The molecule has 0 atom stereocenters. The minimum Gasteiger partial charge on any atom is -0.465 e. The average Bonchev–Trinajstić information content (AvgIpc) is 2.16. The van der Waals surface area contributed by atoms with Gasteiger partial charge in [-0.05, 0) is 6.42 Å². The fourth-order valence-electron chi connectivity index (χ4n) is 0.767. The zero-order valence-electron chi connectivity index (χ0n) is 8.03. The number of carbonyl (C=O) groups is 1. The van der Waals surface area contributed by atoms with Gasteiger partial charge in [0.1, 0.15) is 0 Å². The summed E-state index contributed by atoms with van der Waals surface area (Å²) in [4.78, 5) is 11.0. The summed E-state index contributed by atoms with van der Waals surface area (Å²) in [6, 6.07) is 0. The van der Waals surface area contributed by atoms with E-state index in [1.54, 1.807) is 0 Å². The molecule has 0 spiro atoms. The highest BCUT2D eigenvalue weighted by Crippen LogP contribution is 2.00. The Bertz CT molecular complexity index is 132. The van der Waals surface area contributed by atoms with E-state index in [2.05, 4.69) is 0 Å². The maximum atomic E-state index is 11.0. The molecule has 4 heteroatoms. The van der Waals surface area contributed by atoms with Crippen molar-refractivity contribution in [2.24, 2.45) is 5.92 Å². The Balaban J connectivity index is 3.44. The normalized spacial score (nSPS) is 10.5. The van der Waals surface area contributed by atoms with E-state index < -0.39 is 0 Å². The zero-order valence-corrected chi connectivity index (χ0v) is 8.03. The van der Waals surface area contributed by atoms with Crippen molar-refractivity contribution >= 4 is 5.97 Å². The van der Waals surface area contributed by atoms with Crippen molar-refractivity contribution in [3.63, 3.8) is 0 Å². The van der Waals surface area contributed by atoms with E-state index in [-0.39, 0.29) is 31.7 Å². The summed E-state index contributed by atoms with van der Waals surface area (Å²) in [5.41, 5.74) is 0. The Labute approximate surface area is 78.5 Å². The molecule has 0 rings (SSSR count). The van der Waals surface area contributed by atoms with Gasteiger partial charge in [-0.1, -0.05) is 13.3 Å². The third-order valence-electron chi connectivity index (χ3n) is 1.73. The van der Waals surface area contributed by atoms with Crippen LogP contribution in [0, 0.1) is 5.92 Å². The number of esters is 1. The lowest BCUT2D eigenvalue weighted by Crippen LogP contribution is -2.20. The van der Waals surface area contributed by atoms with Gasteiger partial charge in [0.05, 0.1) is 19.8 Å². The van der Waals surface area contributed by atoms with E-state index in [9.17, 15) is 4.79 Å². The Morgan fingerprint density at radius 3 is 2.46 bits per heavy atom. The summed E-state index contributed by atoms with van der Waals surface area (Å²) in [6.45, 7) is 1.79. The van der Waals surface area contributed by atoms with Crippen LogP contribution in [0.2, 0.25) is 0 Å². The largest absolute Gasteiger partial charge is 0.465 e. The summed E-state index contributed by atoms with van der Waals surface area (Å²) in [7, 11) is 0. The lowest BCUT2D eigenvalue weighted by molar-refractivity contribution is -0.146. The molecule has 0 aromatic heterocycles. The standard InChI is InChI=1S/C9H18O4/c1-2-3-4-9(12)13-7-8(5-10)6-11/h8,10-11H,2-7H2,1H3. The lowest BCUT2D eigenvalue weighted by atomic mass is 10.2. The molecule has 78 valence electrons. The number of hydrogen-bond donors (Lipinski definition) is 2. The second-order valence-corrected chi connectivity index (χ2v) is 3.02.